The Morgan fingerprint density at radius 2 is 1.86 bits per heavy atom. The van der Waals surface area contributed by atoms with Gasteiger partial charge in [-0.3, -0.25) is 0 Å². The van der Waals surface area contributed by atoms with E-state index in [-0.39, 0.29) is 0 Å². The molecule has 21 heavy (non-hydrogen) atoms. The number of hydrogen-bond acceptors (Lipinski definition) is 4. The number of hydrogen-bond donors (Lipinski definition) is 1. The van der Waals surface area contributed by atoms with Crippen molar-refractivity contribution in [1.82, 2.24) is 15.1 Å². The molecule has 3 fully saturated rings. The first-order chi connectivity index (χ1) is 10.0. The summed E-state index contributed by atoms with van der Waals surface area (Å²) in [5, 5.41) is 3.74. The second kappa shape index (κ2) is 6.15. The molecule has 0 amide bonds. The first-order valence-corrected chi connectivity index (χ1v) is 8.71. The molecule has 2 aliphatic carbocycles. The van der Waals surface area contributed by atoms with E-state index >= 15 is 0 Å². The average Bonchev–Trinajstić information content (AvgIpc) is 3.12. The molecule has 0 aromatic heterocycles. The van der Waals surface area contributed by atoms with Gasteiger partial charge < -0.3 is 19.9 Å². The van der Waals surface area contributed by atoms with Gasteiger partial charge in [-0.15, -0.1) is 0 Å². The Hall–Kier alpha value is -0.160. The van der Waals surface area contributed by atoms with E-state index in [1.807, 2.05) is 0 Å². The molecule has 3 aliphatic rings. The Morgan fingerprint density at radius 3 is 2.33 bits per heavy atom. The molecule has 122 valence electrons. The van der Waals surface area contributed by atoms with Gasteiger partial charge in [-0.25, -0.2) is 0 Å². The number of nitrogens with zero attached hydrogens (tertiary/aromatic N) is 2. The summed E-state index contributed by atoms with van der Waals surface area (Å²) >= 11 is 0. The van der Waals surface area contributed by atoms with E-state index in [0.29, 0.717) is 11.0 Å². The number of rotatable bonds is 8. The van der Waals surface area contributed by atoms with Gasteiger partial charge in [0.25, 0.3) is 0 Å². The minimum atomic E-state index is 0.342. The summed E-state index contributed by atoms with van der Waals surface area (Å²) in [5.74, 6) is 0. The Kier molecular flexibility index (Phi) is 4.60. The summed E-state index contributed by atoms with van der Waals surface area (Å²) in [6, 6.07) is 0.799. The summed E-state index contributed by atoms with van der Waals surface area (Å²) in [4.78, 5) is 5.02. The van der Waals surface area contributed by atoms with Crippen LogP contribution in [0.1, 0.15) is 38.5 Å². The largest absolute Gasteiger partial charge is 0.381 e. The van der Waals surface area contributed by atoms with Crippen molar-refractivity contribution in [3.63, 3.8) is 0 Å². The summed E-state index contributed by atoms with van der Waals surface area (Å²) < 4.78 is 5.75. The van der Waals surface area contributed by atoms with Gasteiger partial charge in [0.05, 0.1) is 6.61 Å². The highest BCUT2D eigenvalue weighted by molar-refractivity contribution is 4.99. The predicted molar refractivity (Wildman–Crippen MR) is 86.7 cm³/mol. The van der Waals surface area contributed by atoms with E-state index in [9.17, 15) is 0 Å². The maximum absolute atomic E-state index is 5.75. The molecule has 0 bridgehead atoms. The molecule has 1 N–H and O–H groups in total. The lowest BCUT2D eigenvalue weighted by molar-refractivity contribution is 0.0138. The summed E-state index contributed by atoms with van der Waals surface area (Å²) in [7, 11) is 6.80. The van der Waals surface area contributed by atoms with Gasteiger partial charge in [0.15, 0.2) is 0 Å². The zero-order valence-electron chi connectivity index (χ0n) is 14.2. The van der Waals surface area contributed by atoms with Crippen molar-refractivity contribution in [3.05, 3.63) is 0 Å². The van der Waals surface area contributed by atoms with Crippen LogP contribution in [0, 0.1) is 5.41 Å². The normalized spacial score (nSPS) is 31.9. The molecule has 4 heteroatoms. The van der Waals surface area contributed by atoms with Crippen LogP contribution >= 0.6 is 0 Å². The Bertz CT molecular complexity index is 344. The fourth-order valence-corrected chi connectivity index (χ4v) is 4.08. The van der Waals surface area contributed by atoms with Crippen molar-refractivity contribution in [3.8, 4) is 0 Å². The highest BCUT2D eigenvalue weighted by Crippen LogP contribution is 2.38. The second-order valence-electron chi connectivity index (χ2n) is 8.10. The van der Waals surface area contributed by atoms with Gasteiger partial charge in [-0.05, 0) is 59.7 Å². The molecule has 1 aliphatic heterocycles. The third kappa shape index (κ3) is 3.61. The Morgan fingerprint density at radius 1 is 1.10 bits per heavy atom. The Labute approximate surface area is 130 Å². The highest BCUT2D eigenvalue weighted by atomic mass is 16.5. The lowest BCUT2D eigenvalue weighted by Gasteiger charge is -2.50. The fraction of sp³-hybridized carbons (Fsp3) is 1.00. The predicted octanol–water partition coefficient (Wildman–Crippen LogP) is 1.56. The van der Waals surface area contributed by atoms with Crippen LogP contribution in [-0.4, -0.2) is 75.4 Å². The molecule has 1 unspecified atom stereocenters. The molecule has 4 nitrogen and oxygen atoms in total. The minimum Gasteiger partial charge on any atom is -0.381 e. The third-order valence-electron chi connectivity index (χ3n) is 5.93. The van der Waals surface area contributed by atoms with E-state index in [1.165, 1.54) is 51.6 Å². The van der Waals surface area contributed by atoms with E-state index in [4.69, 9.17) is 4.74 Å². The van der Waals surface area contributed by atoms with Crippen LogP contribution in [0.5, 0.6) is 0 Å². The van der Waals surface area contributed by atoms with Gasteiger partial charge in [0, 0.05) is 43.2 Å². The maximum Gasteiger partial charge on any atom is 0.0547 e. The van der Waals surface area contributed by atoms with Crippen molar-refractivity contribution in [2.24, 2.45) is 5.41 Å². The van der Waals surface area contributed by atoms with Crippen molar-refractivity contribution < 1.29 is 4.74 Å². The molecular formula is C17H33N3O. The first-order valence-electron chi connectivity index (χ1n) is 8.71. The SMILES string of the molecule is CN(CC1(CNC2CC2)CCOC1)CC1(N(C)C)CCC1. The van der Waals surface area contributed by atoms with Crippen LogP contribution in [0.3, 0.4) is 0 Å². The summed E-state index contributed by atoms with van der Waals surface area (Å²) in [6.45, 7) is 5.38. The molecule has 0 spiro atoms. The summed E-state index contributed by atoms with van der Waals surface area (Å²) in [5.41, 5.74) is 0.772. The van der Waals surface area contributed by atoms with Gasteiger partial charge in [0.2, 0.25) is 0 Å². The first kappa shape index (κ1) is 15.7. The molecule has 3 rings (SSSR count). The zero-order chi connectivity index (χ0) is 14.9. The van der Waals surface area contributed by atoms with Gasteiger partial charge >= 0.3 is 0 Å². The monoisotopic (exact) mass is 295 g/mol. The van der Waals surface area contributed by atoms with E-state index < -0.39 is 0 Å². The van der Waals surface area contributed by atoms with E-state index in [2.05, 4.69) is 36.3 Å². The smallest absolute Gasteiger partial charge is 0.0547 e. The minimum absolute atomic E-state index is 0.342. The standard InChI is InChI=1S/C17H33N3O/c1-19(2)17(7-4-8-17)13-20(3)12-16(9-10-21-14-16)11-18-15-5-6-15/h15,18H,4-14H2,1-3H3. The van der Waals surface area contributed by atoms with Crippen molar-refractivity contribution in [1.29, 1.82) is 0 Å². The Balaban J connectivity index is 1.54. The zero-order valence-corrected chi connectivity index (χ0v) is 14.2. The van der Waals surface area contributed by atoms with Crippen molar-refractivity contribution >= 4 is 0 Å². The van der Waals surface area contributed by atoms with Crippen molar-refractivity contribution in [2.75, 3.05) is 54.0 Å². The van der Waals surface area contributed by atoms with E-state index in [0.717, 1.165) is 25.8 Å². The van der Waals surface area contributed by atoms with Crippen LogP contribution in [0.4, 0.5) is 0 Å². The quantitative estimate of drug-likeness (QED) is 0.735. The molecule has 0 aromatic rings. The van der Waals surface area contributed by atoms with Crippen molar-refractivity contribution in [2.45, 2.75) is 50.1 Å². The fourth-order valence-electron chi connectivity index (χ4n) is 4.08. The molecule has 2 saturated carbocycles. The van der Waals surface area contributed by atoms with Crippen LogP contribution in [-0.2, 0) is 4.74 Å². The highest BCUT2D eigenvalue weighted by Gasteiger charge is 2.42. The third-order valence-corrected chi connectivity index (χ3v) is 5.93. The number of ether oxygens (including phenoxy) is 1. The molecular weight excluding hydrogens is 262 g/mol. The lowest BCUT2D eigenvalue weighted by Crippen LogP contribution is -2.58. The molecule has 1 atom stereocenters. The van der Waals surface area contributed by atoms with Crippen LogP contribution in [0.25, 0.3) is 0 Å². The van der Waals surface area contributed by atoms with E-state index in [1.54, 1.807) is 0 Å². The van der Waals surface area contributed by atoms with Gasteiger partial charge in [-0.1, -0.05) is 0 Å². The molecule has 0 radical (unpaired) electrons. The lowest BCUT2D eigenvalue weighted by atomic mass is 9.75. The maximum atomic E-state index is 5.75. The topological polar surface area (TPSA) is 27.7 Å². The second-order valence-corrected chi connectivity index (χ2v) is 8.10. The molecule has 0 aromatic carbocycles. The summed E-state index contributed by atoms with van der Waals surface area (Å²) in [6.07, 6.45) is 8.06. The van der Waals surface area contributed by atoms with Crippen LogP contribution in [0.15, 0.2) is 0 Å². The number of nitrogens with one attached hydrogen (secondary N) is 1. The van der Waals surface area contributed by atoms with Crippen LogP contribution < -0.4 is 5.32 Å². The molecule has 1 saturated heterocycles. The van der Waals surface area contributed by atoms with Gasteiger partial charge in [-0.2, -0.15) is 0 Å². The van der Waals surface area contributed by atoms with Gasteiger partial charge in [0.1, 0.15) is 0 Å². The average molecular weight is 295 g/mol. The van der Waals surface area contributed by atoms with Crippen LogP contribution in [0.2, 0.25) is 0 Å². The molecule has 1 heterocycles. The number of likely N-dealkylation sites (N-methyl/N-ethyl adjacent to an activating group) is 2.